The van der Waals surface area contributed by atoms with Crippen LogP contribution < -0.4 is 0 Å². The zero-order chi connectivity index (χ0) is 17.3. The molecule has 0 bridgehead atoms. The molecule has 1 aromatic carbocycles. The van der Waals surface area contributed by atoms with Gasteiger partial charge in [-0.3, -0.25) is 9.48 Å². The fraction of sp³-hybridized carbons (Fsp3) is 0.158. The summed E-state index contributed by atoms with van der Waals surface area (Å²) in [6.07, 6.45) is 6.70. The van der Waals surface area contributed by atoms with Crippen molar-refractivity contribution in [2.24, 2.45) is 7.05 Å². The van der Waals surface area contributed by atoms with Crippen molar-refractivity contribution in [3.05, 3.63) is 78.4 Å². The first-order valence-corrected chi connectivity index (χ1v) is 7.58. The summed E-state index contributed by atoms with van der Waals surface area (Å²) in [5.74, 6) is -0.480. The van der Waals surface area contributed by atoms with E-state index in [9.17, 15) is 9.18 Å². The molecule has 0 atom stereocenters. The average molecular weight is 323 g/mol. The molecule has 24 heavy (non-hydrogen) atoms. The molecule has 1 aliphatic heterocycles. The number of amides is 1. The SMILES string of the molecule is C=CC1=C(C=C)C(=O)N(Cc2ccc(-c3cnn(C)c3)cc2F)C1. The quantitative estimate of drug-likeness (QED) is 0.847. The maximum atomic E-state index is 14.5. The predicted octanol–water partition coefficient (Wildman–Crippen LogP) is 3.24. The standard InChI is InChI=1S/C19H18FN3O/c1-4-13-11-23(19(24)17(13)5-2)12-15-7-6-14(8-18(15)20)16-9-21-22(3)10-16/h4-10H,1-2,11-12H2,3H3. The van der Waals surface area contributed by atoms with Gasteiger partial charge in [-0.2, -0.15) is 5.10 Å². The van der Waals surface area contributed by atoms with Gasteiger partial charge in [-0.05, 0) is 17.2 Å². The monoisotopic (exact) mass is 323 g/mol. The minimum atomic E-state index is -0.337. The van der Waals surface area contributed by atoms with E-state index in [0.29, 0.717) is 17.7 Å². The molecule has 0 N–H and O–H groups in total. The number of hydrogen-bond acceptors (Lipinski definition) is 2. The van der Waals surface area contributed by atoms with Gasteiger partial charge in [0, 0.05) is 43.0 Å². The van der Waals surface area contributed by atoms with Gasteiger partial charge >= 0.3 is 0 Å². The first-order valence-electron chi connectivity index (χ1n) is 7.58. The van der Waals surface area contributed by atoms with Crippen LogP contribution in [0.25, 0.3) is 11.1 Å². The largest absolute Gasteiger partial charge is 0.330 e. The van der Waals surface area contributed by atoms with Gasteiger partial charge in [-0.15, -0.1) is 0 Å². The van der Waals surface area contributed by atoms with Crippen LogP contribution in [0.5, 0.6) is 0 Å². The Balaban J connectivity index is 1.81. The van der Waals surface area contributed by atoms with Crippen LogP contribution in [-0.2, 0) is 18.4 Å². The Kier molecular flexibility index (Phi) is 4.16. The van der Waals surface area contributed by atoms with Crippen LogP contribution in [0.1, 0.15) is 5.56 Å². The van der Waals surface area contributed by atoms with Crippen LogP contribution >= 0.6 is 0 Å². The third-order valence-electron chi connectivity index (χ3n) is 4.13. The fourth-order valence-corrected chi connectivity index (χ4v) is 2.82. The number of hydrogen-bond donors (Lipinski definition) is 0. The minimum absolute atomic E-state index is 0.143. The highest BCUT2D eigenvalue weighted by atomic mass is 19.1. The number of aryl methyl sites for hydroxylation is 1. The molecule has 4 nitrogen and oxygen atoms in total. The maximum absolute atomic E-state index is 14.5. The highest BCUT2D eigenvalue weighted by molar-refractivity contribution is 6.00. The molecule has 2 aromatic rings. The molecule has 5 heteroatoms. The Labute approximate surface area is 140 Å². The molecule has 0 radical (unpaired) electrons. The highest BCUT2D eigenvalue weighted by Crippen LogP contribution is 2.26. The zero-order valence-corrected chi connectivity index (χ0v) is 13.5. The van der Waals surface area contributed by atoms with E-state index in [1.165, 1.54) is 12.1 Å². The summed E-state index contributed by atoms with van der Waals surface area (Å²) in [7, 11) is 1.81. The Morgan fingerprint density at radius 1 is 1.29 bits per heavy atom. The van der Waals surface area contributed by atoms with Gasteiger partial charge in [0.15, 0.2) is 0 Å². The van der Waals surface area contributed by atoms with Crippen molar-refractivity contribution < 1.29 is 9.18 Å². The second kappa shape index (κ2) is 6.28. The van der Waals surface area contributed by atoms with Gasteiger partial charge < -0.3 is 4.90 Å². The number of nitrogens with zero attached hydrogens (tertiary/aromatic N) is 3. The van der Waals surface area contributed by atoms with Gasteiger partial charge in [-0.25, -0.2) is 4.39 Å². The summed E-state index contributed by atoms with van der Waals surface area (Å²) in [6, 6.07) is 5.03. The number of benzene rings is 1. The highest BCUT2D eigenvalue weighted by Gasteiger charge is 2.27. The minimum Gasteiger partial charge on any atom is -0.330 e. The topological polar surface area (TPSA) is 38.1 Å². The van der Waals surface area contributed by atoms with Crippen molar-refractivity contribution >= 4 is 5.91 Å². The van der Waals surface area contributed by atoms with Gasteiger partial charge in [0.1, 0.15) is 5.82 Å². The van der Waals surface area contributed by atoms with E-state index in [1.54, 1.807) is 27.9 Å². The van der Waals surface area contributed by atoms with Gasteiger partial charge in [-0.1, -0.05) is 37.4 Å². The van der Waals surface area contributed by atoms with E-state index >= 15 is 0 Å². The van der Waals surface area contributed by atoms with Crippen molar-refractivity contribution in [1.29, 1.82) is 0 Å². The molecule has 1 aromatic heterocycles. The lowest BCUT2D eigenvalue weighted by Gasteiger charge is -2.17. The molecular formula is C19H18FN3O. The van der Waals surface area contributed by atoms with Crippen molar-refractivity contribution in [3.63, 3.8) is 0 Å². The molecule has 1 amide bonds. The fourth-order valence-electron chi connectivity index (χ4n) is 2.82. The third-order valence-corrected chi connectivity index (χ3v) is 4.13. The van der Waals surface area contributed by atoms with E-state index in [2.05, 4.69) is 18.3 Å². The Morgan fingerprint density at radius 3 is 2.62 bits per heavy atom. The van der Waals surface area contributed by atoms with E-state index in [0.717, 1.165) is 16.7 Å². The van der Waals surface area contributed by atoms with E-state index in [-0.39, 0.29) is 18.3 Å². The predicted molar refractivity (Wildman–Crippen MR) is 91.4 cm³/mol. The molecule has 2 heterocycles. The lowest BCUT2D eigenvalue weighted by Crippen LogP contribution is -2.26. The molecule has 0 fully saturated rings. The molecule has 0 unspecified atom stereocenters. The number of halogens is 1. The average Bonchev–Trinajstić information content (AvgIpc) is 3.13. The zero-order valence-electron chi connectivity index (χ0n) is 13.5. The molecule has 1 aliphatic rings. The molecule has 122 valence electrons. The first kappa shape index (κ1) is 15.9. The molecule has 0 aliphatic carbocycles. The van der Waals surface area contributed by atoms with Crippen LogP contribution in [-0.4, -0.2) is 27.1 Å². The molecule has 3 rings (SSSR count). The smallest absolute Gasteiger partial charge is 0.254 e. The molecule has 0 saturated heterocycles. The van der Waals surface area contributed by atoms with Gasteiger partial charge in [0.05, 0.1) is 6.20 Å². The number of aromatic nitrogens is 2. The lowest BCUT2D eigenvalue weighted by molar-refractivity contribution is -0.125. The Bertz CT molecular complexity index is 863. The number of carbonyl (C=O) groups is 1. The second-order valence-corrected chi connectivity index (χ2v) is 5.72. The van der Waals surface area contributed by atoms with Gasteiger partial charge in [0.25, 0.3) is 5.91 Å². The Hall–Kier alpha value is -2.95. The molecule has 0 saturated carbocycles. The van der Waals surface area contributed by atoms with E-state index in [4.69, 9.17) is 0 Å². The van der Waals surface area contributed by atoms with E-state index in [1.807, 2.05) is 19.3 Å². The van der Waals surface area contributed by atoms with Crippen LogP contribution in [0, 0.1) is 5.82 Å². The summed E-state index contributed by atoms with van der Waals surface area (Å²) in [6.45, 7) is 8.02. The summed E-state index contributed by atoms with van der Waals surface area (Å²) in [4.78, 5) is 13.9. The molecule has 0 spiro atoms. The van der Waals surface area contributed by atoms with Crippen LogP contribution in [0.3, 0.4) is 0 Å². The van der Waals surface area contributed by atoms with Crippen LogP contribution in [0.2, 0.25) is 0 Å². The number of carbonyl (C=O) groups excluding carboxylic acids is 1. The normalized spacial score (nSPS) is 14.4. The van der Waals surface area contributed by atoms with Crippen molar-refractivity contribution in [1.82, 2.24) is 14.7 Å². The second-order valence-electron chi connectivity index (χ2n) is 5.72. The summed E-state index contributed by atoms with van der Waals surface area (Å²) >= 11 is 0. The third kappa shape index (κ3) is 2.80. The van der Waals surface area contributed by atoms with Crippen molar-refractivity contribution in [2.75, 3.05) is 6.54 Å². The van der Waals surface area contributed by atoms with Crippen molar-refractivity contribution in [3.8, 4) is 11.1 Å². The summed E-state index contributed by atoms with van der Waals surface area (Å²) in [5.41, 5.74) is 3.45. The number of rotatable bonds is 5. The van der Waals surface area contributed by atoms with Crippen molar-refractivity contribution in [2.45, 2.75) is 6.54 Å². The molecular weight excluding hydrogens is 305 g/mol. The lowest BCUT2D eigenvalue weighted by atomic mass is 10.1. The maximum Gasteiger partial charge on any atom is 0.254 e. The van der Waals surface area contributed by atoms with E-state index < -0.39 is 0 Å². The van der Waals surface area contributed by atoms with Gasteiger partial charge in [0.2, 0.25) is 0 Å². The first-order chi connectivity index (χ1) is 11.5. The van der Waals surface area contributed by atoms with Crippen LogP contribution in [0.15, 0.2) is 67.0 Å². The summed E-state index contributed by atoms with van der Waals surface area (Å²) < 4.78 is 16.1. The van der Waals surface area contributed by atoms with Crippen LogP contribution in [0.4, 0.5) is 4.39 Å². The summed E-state index contributed by atoms with van der Waals surface area (Å²) in [5, 5.41) is 4.09. The Morgan fingerprint density at radius 2 is 2.08 bits per heavy atom.